The lowest BCUT2D eigenvalue weighted by Gasteiger charge is -2.21. The Morgan fingerprint density at radius 2 is 2.13 bits per heavy atom. The molecule has 2 aromatic rings. The molecule has 1 heterocycles. The van der Waals surface area contributed by atoms with Crippen LogP contribution in [0.3, 0.4) is 0 Å². The Morgan fingerprint density at radius 3 is 2.91 bits per heavy atom. The summed E-state index contributed by atoms with van der Waals surface area (Å²) >= 11 is 0. The number of hydrogen-bond donors (Lipinski definition) is 3. The second kappa shape index (κ2) is 6.46. The molecule has 0 spiro atoms. The molecule has 1 aromatic heterocycles. The summed E-state index contributed by atoms with van der Waals surface area (Å²) in [6.07, 6.45) is 6.17. The lowest BCUT2D eigenvalue weighted by atomic mass is 9.90. The molecule has 0 saturated heterocycles. The van der Waals surface area contributed by atoms with Gasteiger partial charge < -0.3 is 20.6 Å². The number of rotatable bonds is 4. The maximum atomic E-state index is 10.4. The minimum atomic E-state index is -1.17. The molecule has 23 heavy (non-hydrogen) atoms. The van der Waals surface area contributed by atoms with E-state index in [1.54, 1.807) is 19.1 Å². The quantitative estimate of drug-likeness (QED) is 0.598. The number of nitrogens with one attached hydrogen (secondary N) is 1. The first-order valence-corrected chi connectivity index (χ1v) is 8.00. The van der Waals surface area contributed by atoms with Crippen molar-refractivity contribution >= 4 is 11.6 Å². The van der Waals surface area contributed by atoms with Gasteiger partial charge in [0.1, 0.15) is 11.4 Å². The molecule has 1 atom stereocenters. The molecule has 1 aliphatic carbocycles. The minimum Gasteiger partial charge on any atom is -0.466 e. The Kier molecular flexibility index (Phi) is 4.39. The van der Waals surface area contributed by atoms with Gasteiger partial charge in [-0.2, -0.15) is 0 Å². The van der Waals surface area contributed by atoms with Crippen LogP contribution in [0.1, 0.15) is 36.7 Å². The van der Waals surface area contributed by atoms with Crippen molar-refractivity contribution in [3.05, 3.63) is 53.5 Å². The number of aryl methyl sites for hydroxylation is 1. The van der Waals surface area contributed by atoms with Crippen molar-refractivity contribution in [2.45, 2.75) is 38.2 Å². The maximum Gasteiger partial charge on any atom is 0.193 e. The summed E-state index contributed by atoms with van der Waals surface area (Å²) < 4.78 is 5.24. The molecule has 0 radical (unpaired) electrons. The normalized spacial score (nSPS) is 17.4. The third-order valence-electron chi connectivity index (χ3n) is 4.27. The highest BCUT2D eigenvalue weighted by molar-refractivity contribution is 5.93. The molecule has 1 aliphatic rings. The molecule has 0 bridgehead atoms. The van der Waals surface area contributed by atoms with E-state index in [4.69, 9.17) is 10.2 Å². The maximum absolute atomic E-state index is 10.4. The van der Waals surface area contributed by atoms with Crippen molar-refractivity contribution < 1.29 is 9.52 Å². The Balaban J connectivity index is 1.71. The third kappa shape index (κ3) is 3.56. The van der Waals surface area contributed by atoms with E-state index in [1.807, 2.05) is 12.1 Å². The summed E-state index contributed by atoms with van der Waals surface area (Å²) in [6.45, 7) is 1.79. The Hall–Kier alpha value is -2.27. The number of aliphatic hydroxyl groups is 1. The van der Waals surface area contributed by atoms with Crippen LogP contribution in [-0.2, 0) is 18.4 Å². The van der Waals surface area contributed by atoms with Gasteiger partial charge in [0.2, 0.25) is 0 Å². The lowest BCUT2D eigenvalue weighted by molar-refractivity contribution is 0.0438. The molecule has 1 unspecified atom stereocenters. The van der Waals surface area contributed by atoms with Crippen LogP contribution in [0.4, 0.5) is 5.69 Å². The first-order chi connectivity index (χ1) is 11.1. The topological polar surface area (TPSA) is 83.8 Å². The number of fused-ring (bicyclic) bond motifs is 1. The van der Waals surface area contributed by atoms with Gasteiger partial charge in [-0.25, -0.2) is 4.99 Å². The number of aliphatic imine (C=N–C) groups is 1. The number of nitrogens with zero attached hydrogens (tertiary/aromatic N) is 1. The molecule has 0 amide bonds. The van der Waals surface area contributed by atoms with E-state index in [0.29, 0.717) is 11.7 Å². The van der Waals surface area contributed by atoms with Crippen LogP contribution in [0.25, 0.3) is 0 Å². The average Bonchev–Trinajstić information content (AvgIpc) is 3.09. The second-order valence-corrected chi connectivity index (χ2v) is 6.23. The van der Waals surface area contributed by atoms with E-state index in [9.17, 15) is 5.11 Å². The second-order valence-electron chi connectivity index (χ2n) is 6.23. The zero-order valence-electron chi connectivity index (χ0n) is 13.4. The highest BCUT2D eigenvalue weighted by Gasteiger charge is 2.26. The number of benzene rings is 1. The molecule has 122 valence electrons. The standard InChI is InChI=1S/C18H23N3O2/c1-18(22,16-10-5-11-23-16)12-20-17(19)21-15-9-4-7-13-6-2-3-8-14(13)15/h4-5,7,9-11,22H,2-3,6,8,12H2,1H3,(H3,19,20,21). The summed E-state index contributed by atoms with van der Waals surface area (Å²) in [4.78, 5) is 4.27. The fourth-order valence-electron chi connectivity index (χ4n) is 2.98. The molecule has 3 rings (SSSR count). The van der Waals surface area contributed by atoms with E-state index in [1.165, 1.54) is 30.2 Å². The molecule has 1 aromatic carbocycles. The van der Waals surface area contributed by atoms with Crippen LogP contribution < -0.4 is 11.1 Å². The number of anilines is 1. The molecule has 0 aliphatic heterocycles. The van der Waals surface area contributed by atoms with E-state index in [0.717, 1.165) is 18.5 Å². The SMILES string of the molecule is CC(O)(CN=C(N)Nc1cccc2c1CCCC2)c1ccco1. The summed E-state index contributed by atoms with van der Waals surface area (Å²) in [6, 6.07) is 9.71. The molecular weight excluding hydrogens is 290 g/mol. The Labute approximate surface area is 136 Å². The number of furan rings is 1. The Bertz CT molecular complexity index is 690. The van der Waals surface area contributed by atoms with Crippen LogP contribution in [0.5, 0.6) is 0 Å². The van der Waals surface area contributed by atoms with Crippen LogP contribution >= 0.6 is 0 Å². The summed E-state index contributed by atoms with van der Waals surface area (Å²) in [7, 11) is 0. The van der Waals surface area contributed by atoms with Crippen molar-refractivity contribution in [1.29, 1.82) is 0 Å². The van der Waals surface area contributed by atoms with Gasteiger partial charge in [0.15, 0.2) is 5.96 Å². The predicted octanol–water partition coefficient (Wildman–Crippen LogP) is 2.79. The zero-order chi connectivity index (χ0) is 16.3. The number of hydrogen-bond acceptors (Lipinski definition) is 3. The third-order valence-corrected chi connectivity index (χ3v) is 4.27. The predicted molar refractivity (Wildman–Crippen MR) is 91.5 cm³/mol. The minimum absolute atomic E-state index is 0.133. The van der Waals surface area contributed by atoms with Crippen molar-refractivity contribution in [2.24, 2.45) is 10.7 Å². The molecule has 4 N–H and O–H groups in total. The van der Waals surface area contributed by atoms with E-state index in [2.05, 4.69) is 16.4 Å². The van der Waals surface area contributed by atoms with Gasteiger partial charge in [0.25, 0.3) is 0 Å². The fraction of sp³-hybridized carbons (Fsp3) is 0.389. The van der Waals surface area contributed by atoms with Crippen molar-refractivity contribution in [3.63, 3.8) is 0 Å². The average molecular weight is 313 g/mol. The van der Waals surface area contributed by atoms with Gasteiger partial charge >= 0.3 is 0 Å². The lowest BCUT2D eigenvalue weighted by Crippen LogP contribution is -2.29. The molecule has 0 fully saturated rings. The van der Waals surface area contributed by atoms with E-state index in [-0.39, 0.29) is 6.54 Å². The Morgan fingerprint density at radius 1 is 1.30 bits per heavy atom. The summed E-state index contributed by atoms with van der Waals surface area (Å²) in [5, 5.41) is 13.6. The van der Waals surface area contributed by atoms with Gasteiger partial charge in [0, 0.05) is 5.69 Å². The zero-order valence-corrected chi connectivity index (χ0v) is 13.4. The number of guanidine groups is 1. The fourth-order valence-corrected chi connectivity index (χ4v) is 2.98. The molecule has 0 saturated carbocycles. The molecule has 5 heteroatoms. The highest BCUT2D eigenvalue weighted by atomic mass is 16.4. The van der Waals surface area contributed by atoms with Gasteiger partial charge in [-0.15, -0.1) is 0 Å². The monoisotopic (exact) mass is 313 g/mol. The van der Waals surface area contributed by atoms with Crippen molar-refractivity contribution in [2.75, 3.05) is 11.9 Å². The first kappa shape index (κ1) is 15.6. The van der Waals surface area contributed by atoms with Gasteiger partial charge in [0.05, 0.1) is 12.8 Å². The van der Waals surface area contributed by atoms with Gasteiger partial charge in [-0.3, -0.25) is 0 Å². The van der Waals surface area contributed by atoms with Crippen molar-refractivity contribution in [1.82, 2.24) is 0 Å². The summed E-state index contributed by atoms with van der Waals surface area (Å²) in [5.74, 6) is 0.780. The molecular formula is C18H23N3O2. The largest absolute Gasteiger partial charge is 0.466 e. The van der Waals surface area contributed by atoms with Crippen LogP contribution in [0, 0.1) is 0 Å². The first-order valence-electron chi connectivity index (χ1n) is 8.00. The van der Waals surface area contributed by atoms with Crippen LogP contribution in [0.2, 0.25) is 0 Å². The summed E-state index contributed by atoms with van der Waals surface area (Å²) in [5.41, 5.74) is 8.55. The van der Waals surface area contributed by atoms with E-state index >= 15 is 0 Å². The number of nitrogens with two attached hydrogens (primary N) is 1. The van der Waals surface area contributed by atoms with Crippen molar-refractivity contribution in [3.8, 4) is 0 Å². The van der Waals surface area contributed by atoms with Crippen LogP contribution in [-0.4, -0.2) is 17.6 Å². The van der Waals surface area contributed by atoms with Crippen LogP contribution in [0.15, 0.2) is 46.0 Å². The highest BCUT2D eigenvalue weighted by Crippen LogP contribution is 2.27. The van der Waals surface area contributed by atoms with Gasteiger partial charge in [-0.05, 0) is 61.9 Å². The molecule has 5 nitrogen and oxygen atoms in total. The van der Waals surface area contributed by atoms with E-state index < -0.39 is 5.60 Å². The van der Waals surface area contributed by atoms with Gasteiger partial charge in [-0.1, -0.05) is 12.1 Å². The smallest absolute Gasteiger partial charge is 0.193 e.